The molecule has 0 unspecified atom stereocenters. The minimum Gasteiger partial charge on any atom is -0.392 e. The van der Waals surface area contributed by atoms with Crippen molar-refractivity contribution in [3.63, 3.8) is 0 Å². The fraction of sp³-hybridized carbons (Fsp3) is 0.286. The molecule has 0 bridgehead atoms. The number of anilines is 1. The van der Waals surface area contributed by atoms with Crippen molar-refractivity contribution in [3.05, 3.63) is 53.5 Å². The fourth-order valence-electron chi connectivity index (χ4n) is 1.95. The molecule has 0 atom stereocenters. The van der Waals surface area contributed by atoms with Crippen molar-refractivity contribution >= 4 is 5.82 Å². The van der Waals surface area contributed by atoms with E-state index in [1.54, 1.807) is 18.6 Å². The number of aryl methyl sites for hydroxylation is 1. The van der Waals surface area contributed by atoms with Crippen LogP contribution in [0.5, 0.6) is 0 Å². The van der Waals surface area contributed by atoms with Crippen molar-refractivity contribution in [2.75, 3.05) is 11.9 Å². The predicted molar refractivity (Wildman–Crippen MR) is 71.2 cm³/mol. The zero-order valence-corrected chi connectivity index (χ0v) is 10.7. The van der Waals surface area contributed by atoms with Gasteiger partial charge in [-0.2, -0.15) is 0 Å². The number of hydrogen-bond acceptors (Lipinski definition) is 4. The van der Waals surface area contributed by atoms with Gasteiger partial charge >= 0.3 is 0 Å². The minimum absolute atomic E-state index is 0.0299. The average molecular weight is 243 g/mol. The lowest BCUT2D eigenvalue weighted by Crippen LogP contribution is -2.19. The Bertz CT molecular complexity index is 514. The number of pyridine rings is 2. The lowest BCUT2D eigenvalue weighted by atomic mass is 10.2. The van der Waals surface area contributed by atoms with Crippen LogP contribution in [0.25, 0.3) is 0 Å². The zero-order chi connectivity index (χ0) is 13.0. The van der Waals surface area contributed by atoms with Crippen LogP contribution >= 0.6 is 0 Å². The Labute approximate surface area is 107 Å². The van der Waals surface area contributed by atoms with Crippen LogP contribution in [0.3, 0.4) is 0 Å². The molecule has 2 rings (SSSR count). The second kappa shape index (κ2) is 5.60. The standard InChI is InChI=1S/C14H17N3O/c1-11-7-13(10-18)8-16-14(11)17(2)9-12-3-5-15-6-4-12/h3-8,18H,9-10H2,1-2H3. The van der Waals surface area contributed by atoms with Crippen LogP contribution in [0.1, 0.15) is 16.7 Å². The van der Waals surface area contributed by atoms with Gasteiger partial charge in [-0.15, -0.1) is 0 Å². The van der Waals surface area contributed by atoms with Gasteiger partial charge in [0.15, 0.2) is 0 Å². The van der Waals surface area contributed by atoms with Crippen molar-refractivity contribution in [2.24, 2.45) is 0 Å². The number of nitrogens with zero attached hydrogens (tertiary/aromatic N) is 3. The second-order valence-electron chi connectivity index (χ2n) is 4.35. The van der Waals surface area contributed by atoms with E-state index in [4.69, 9.17) is 5.11 Å². The Morgan fingerprint density at radius 1 is 1.22 bits per heavy atom. The van der Waals surface area contributed by atoms with Gasteiger partial charge in [-0.3, -0.25) is 4.98 Å². The van der Waals surface area contributed by atoms with Crippen molar-refractivity contribution in [3.8, 4) is 0 Å². The highest BCUT2D eigenvalue weighted by atomic mass is 16.3. The number of hydrogen-bond donors (Lipinski definition) is 1. The van der Waals surface area contributed by atoms with E-state index in [2.05, 4.69) is 14.9 Å². The first-order chi connectivity index (χ1) is 8.70. The lowest BCUT2D eigenvalue weighted by Gasteiger charge is -2.20. The molecule has 18 heavy (non-hydrogen) atoms. The molecule has 0 aromatic carbocycles. The van der Waals surface area contributed by atoms with Crippen LogP contribution in [-0.2, 0) is 13.2 Å². The summed E-state index contributed by atoms with van der Waals surface area (Å²) in [6, 6.07) is 5.95. The molecule has 1 N–H and O–H groups in total. The number of rotatable bonds is 4. The van der Waals surface area contributed by atoms with Gasteiger partial charge in [0, 0.05) is 32.2 Å². The summed E-state index contributed by atoms with van der Waals surface area (Å²) in [5.41, 5.74) is 3.10. The molecule has 4 heteroatoms. The highest BCUT2D eigenvalue weighted by Crippen LogP contribution is 2.18. The molecule has 0 aliphatic rings. The third kappa shape index (κ3) is 2.84. The molecule has 94 valence electrons. The summed E-state index contributed by atoms with van der Waals surface area (Å²) in [6.07, 6.45) is 5.29. The van der Waals surface area contributed by atoms with Crippen LogP contribution in [0.4, 0.5) is 5.82 Å². The van der Waals surface area contributed by atoms with Crippen LogP contribution in [0, 0.1) is 6.92 Å². The van der Waals surface area contributed by atoms with Crippen LogP contribution in [-0.4, -0.2) is 22.1 Å². The maximum atomic E-state index is 9.07. The Morgan fingerprint density at radius 2 is 1.94 bits per heavy atom. The molecule has 0 spiro atoms. The summed E-state index contributed by atoms with van der Waals surface area (Å²) < 4.78 is 0. The molecule has 2 aromatic rings. The highest BCUT2D eigenvalue weighted by molar-refractivity contribution is 5.47. The molecule has 0 radical (unpaired) electrons. The smallest absolute Gasteiger partial charge is 0.131 e. The Kier molecular flexibility index (Phi) is 3.89. The molecule has 0 aliphatic carbocycles. The van der Waals surface area contributed by atoms with Gasteiger partial charge in [0.25, 0.3) is 0 Å². The topological polar surface area (TPSA) is 49.3 Å². The van der Waals surface area contributed by atoms with Gasteiger partial charge in [0.05, 0.1) is 6.61 Å². The first-order valence-corrected chi connectivity index (χ1v) is 5.87. The van der Waals surface area contributed by atoms with Crippen LogP contribution in [0.15, 0.2) is 36.8 Å². The number of aliphatic hydroxyl groups is 1. The molecule has 0 amide bonds. The quantitative estimate of drug-likeness (QED) is 0.891. The average Bonchev–Trinajstić information content (AvgIpc) is 2.39. The maximum Gasteiger partial charge on any atom is 0.131 e. The highest BCUT2D eigenvalue weighted by Gasteiger charge is 2.07. The van der Waals surface area contributed by atoms with E-state index >= 15 is 0 Å². The maximum absolute atomic E-state index is 9.07. The summed E-state index contributed by atoms with van der Waals surface area (Å²) in [7, 11) is 2.01. The Hall–Kier alpha value is -1.94. The van der Waals surface area contributed by atoms with Gasteiger partial charge in [-0.1, -0.05) is 0 Å². The van der Waals surface area contributed by atoms with E-state index in [9.17, 15) is 0 Å². The first-order valence-electron chi connectivity index (χ1n) is 5.87. The molecular weight excluding hydrogens is 226 g/mol. The summed E-state index contributed by atoms with van der Waals surface area (Å²) >= 11 is 0. The zero-order valence-electron chi connectivity index (χ0n) is 10.7. The van der Waals surface area contributed by atoms with E-state index < -0.39 is 0 Å². The Morgan fingerprint density at radius 3 is 2.56 bits per heavy atom. The molecule has 4 nitrogen and oxygen atoms in total. The van der Waals surface area contributed by atoms with E-state index in [-0.39, 0.29) is 6.61 Å². The number of aliphatic hydroxyl groups excluding tert-OH is 1. The monoisotopic (exact) mass is 243 g/mol. The first kappa shape index (κ1) is 12.5. The third-order valence-electron chi connectivity index (χ3n) is 2.82. The molecule has 0 saturated carbocycles. The van der Waals surface area contributed by atoms with Gasteiger partial charge in [-0.05, 0) is 41.8 Å². The van der Waals surface area contributed by atoms with Crippen molar-refractivity contribution in [2.45, 2.75) is 20.1 Å². The van der Waals surface area contributed by atoms with Gasteiger partial charge in [0.1, 0.15) is 5.82 Å². The predicted octanol–water partition coefficient (Wildman–Crippen LogP) is 1.91. The molecule has 0 fully saturated rings. The fourth-order valence-corrected chi connectivity index (χ4v) is 1.95. The van der Waals surface area contributed by atoms with Gasteiger partial charge in [0.2, 0.25) is 0 Å². The largest absolute Gasteiger partial charge is 0.392 e. The van der Waals surface area contributed by atoms with E-state index in [0.717, 1.165) is 23.5 Å². The summed E-state index contributed by atoms with van der Waals surface area (Å²) in [5, 5.41) is 9.07. The summed E-state index contributed by atoms with van der Waals surface area (Å²) in [5.74, 6) is 0.934. The van der Waals surface area contributed by atoms with Gasteiger partial charge in [-0.25, -0.2) is 4.98 Å². The summed E-state index contributed by atoms with van der Waals surface area (Å²) in [4.78, 5) is 10.5. The third-order valence-corrected chi connectivity index (χ3v) is 2.82. The second-order valence-corrected chi connectivity index (χ2v) is 4.35. The van der Waals surface area contributed by atoms with Crippen LogP contribution < -0.4 is 4.90 Å². The molecule has 2 aromatic heterocycles. The van der Waals surface area contributed by atoms with E-state index in [0.29, 0.717) is 0 Å². The SMILES string of the molecule is Cc1cc(CO)cnc1N(C)Cc1ccncc1. The van der Waals surface area contributed by atoms with Crippen molar-refractivity contribution in [1.82, 2.24) is 9.97 Å². The molecule has 0 saturated heterocycles. The Balaban J connectivity index is 2.16. The summed E-state index contributed by atoms with van der Waals surface area (Å²) in [6.45, 7) is 2.82. The van der Waals surface area contributed by atoms with Crippen molar-refractivity contribution < 1.29 is 5.11 Å². The molecule has 2 heterocycles. The number of aromatic nitrogens is 2. The van der Waals surface area contributed by atoms with Crippen molar-refractivity contribution in [1.29, 1.82) is 0 Å². The van der Waals surface area contributed by atoms with Gasteiger partial charge < -0.3 is 10.0 Å². The minimum atomic E-state index is 0.0299. The van der Waals surface area contributed by atoms with E-state index in [1.807, 2.05) is 32.2 Å². The lowest BCUT2D eigenvalue weighted by molar-refractivity contribution is 0.281. The molecular formula is C14H17N3O. The van der Waals surface area contributed by atoms with Crippen LogP contribution in [0.2, 0.25) is 0 Å². The normalized spacial score (nSPS) is 10.4. The molecule has 0 aliphatic heterocycles. The van der Waals surface area contributed by atoms with E-state index in [1.165, 1.54) is 5.56 Å².